The molecule has 1 amide bonds. The zero-order valence-corrected chi connectivity index (χ0v) is 9.90. The Balaban J connectivity index is 2.03. The highest BCUT2D eigenvalue weighted by Crippen LogP contribution is 2.12. The Hall–Kier alpha value is -1.63. The van der Waals surface area contributed by atoms with Crippen molar-refractivity contribution >= 4 is 21.4 Å². The van der Waals surface area contributed by atoms with Crippen LogP contribution in [0.15, 0.2) is 18.3 Å². The minimum absolute atomic E-state index is 0.00105. The summed E-state index contributed by atoms with van der Waals surface area (Å²) in [5.41, 5.74) is 6.18. The van der Waals surface area contributed by atoms with E-state index in [0.717, 1.165) is 0 Å². The first-order valence-corrected chi connectivity index (χ1v) is 7.01. The molecule has 1 fully saturated rings. The molecule has 3 N–H and O–H groups in total. The number of aromatic nitrogens is 1. The summed E-state index contributed by atoms with van der Waals surface area (Å²) in [6, 6.07) is 2.71. The number of carbonyl (C=O) groups is 1. The zero-order chi connectivity index (χ0) is 12.5. The fourth-order valence-electron chi connectivity index (χ4n) is 1.74. The van der Waals surface area contributed by atoms with Crippen LogP contribution in [0.1, 0.15) is 16.9 Å². The molecule has 0 spiro atoms. The molecule has 2 rings (SSSR count). The maximum absolute atomic E-state index is 11.7. The number of hydrogen-bond acceptors (Lipinski definition) is 5. The molecule has 1 aliphatic heterocycles. The number of sulfone groups is 1. The number of rotatable bonds is 2. The van der Waals surface area contributed by atoms with E-state index in [2.05, 4.69) is 10.3 Å². The third-order valence-corrected chi connectivity index (χ3v) is 4.35. The molecule has 1 aliphatic rings. The maximum Gasteiger partial charge on any atom is 0.270 e. The lowest BCUT2D eigenvalue weighted by Crippen LogP contribution is -2.36. The van der Waals surface area contributed by atoms with Crippen molar-refractivity contribution in [3.8, 4) is 0 Å². The largest absolute Gasteiger partial charge is 0.399 e. The van der Waals surface area contributed by atoms with Crippen molar-refractivity contribution in [3.63, 3.8) is 0 Å². The lowest BCUT2D eigenvalue weighted by atomic mass is 10.2. The minimum atomic E-state index is -2.99. The van der Waals surface area contributed by atoms with E-state index in [1.807, 2.05) is 0 Å². The molecule has 2 heterocycles. The van der Waals surface area contributed by atoms with Gasteiger partial charge in [-0.15, -0.1) is 0 Å². The van der Waals surface area contributed by atoms with Gasteiger partial charge in [0.15, 0.2) is 9.84 Å². The van der Waals surface area contributed by atoms with Gasteiger partial charge in [-0.25, -0.2) is 8.42 Å². The molecular weight excluding hydrogens is 242 g/mol. The monoisotopic (exact) mass is 255 g/mol. The molecule has 1 atom stereocenters. The Morgan fingerprint density at radius 2 is 2.29 bits per heavy atom. The number of nitrogens with zero attached hydrogens (tertiary/aromatic N) is 1. The molecule has 1 saturated heterocycles. The number of nitrogens with two attached hydrogens (primary N) is 1. The normalized spacial score (nSPS) is 22.2. The number of anilines is 1. The molecule has 1 unspecified atom stereocenters. The summed E-state index contributed by atoms with van der Waals surface area (Å²) in [6.45, 7) is 0. The Morgan fingerprint density at radius 1 is 1.53 bits per heavy atom. The summed E-state index contributed by atoms with van der Waals surface area (Å²) < 4.78 is 22.5. The topological polar surface area (TPSA) is 102 Å². The highest BCUT2D eigenvalue weighted by molar-refractivity contribution is 7.91. The third-order valence-electron chi connectivity index (χ3n) is 2.58. The van der Waals surface area contributed by atoms with Crippen LogP contribution < -0.4 is 11.1 Å². The van der Waals surface area contributed by atoms with E-state index < -0.39 is 9.84 Å². The summed E-state index contributed by atoms with van der Waals surface area (Å²) in [4.78, 5) is 15.6. The van der Waals surface area contributed by atoms with Gasteiger partial charge in [0.05, 0.1) is 11.5 Å². The molecule has 0 radical (unpaired) electrons. The van der Waals surface area contributed by atoms with Crippen LogP contribution >= 0.6 is 0 Å². The Labute approximate surface area is 99.1 Å². The van der Waals surface area contributed by atoms with Crippen LogP contribution in [0.3, 0.4) is 0 Å². The molecule has 0 aromatic carbocycles. The maximum atomic E-state index is 11.7. The summed E-state index contributed by atoms with van der Waals surface area (Å²) in [7, 11) is -2.99. The van der Waals surface area contributed by atoms with Crippen molar-refractivity contribution in [1.82, 2.24) is 10.3 Å². The van der Waals surface area contributed by atoms with Crippen LogP contribution in [0.2, 0.25) is 0 Å². The van der Waals surface area contributed by atoms with E-state index in [0.29, 0.717) is 12.1 Å². The molecule has 6 nitrogen and oxygen atoms in total. The summed E-state index contributed by atoms with van der Waals surface area (Å²) >= 11 is 0. The number of carbonyl (C=O) groups excluding carboxylic acids is 1. The molecule has 7 heteroatoms. The average Bonchev–Trinajstić information content (AvgIpc) is 2.58. The van der Waals surface area contributed by atoms with Gasteiger partial charge >= 0.3 is 0 Å². The first-order valence-electron chi connectivity index (χ1n) is 5.19. The highest BCUT2D eigenvalue weighted by atomic mass is 32.2. The summed E-state index contributed by atoms with van der Waals surface area (Å²) in [5, 5.41) is 2.64. The van der Waals surface area contributed by atoms with Gasteiger partial charge in [-0.3, -0.25) is 9.78 Å². The van der Waals surface area contributed by atoms with Crippen molar-refractivity contribution in [2.75, 3.05) is 17.2 Å². The van der Waals surface area contributed by atoms with Gasteiger partial charge in [-0.1, -0.05) is 0 Å². The van der Waals surface area contributed by atoms with Crippen molar-refractivity contribution in [3.05, 3.63) is 24.0 Å². The Morgan fingerprint density at radius 3 is 2.88 bits per heavy atom. The van der Waals surface area contributed by atoms with Crippen LogP contribution in [0.4, 0.5) is 5.69 Å². The van der Waals surface area contributed by atoms with E-state index in [1.165, 1.54) is 12.3 Å². The molecule has 92 valence electrons. The first kappa shape index (κ1) is 11.8. The molecule has 0 bridgehead atoms. The molecule has 17 heavy (non-hydrogen) atoms. The van der Waals surface area contributed by atoms with E-state index in [1.54, 1.807) is 6.07 Å². The highest BCUT2D eigenvalue weighted by Gasteiger charge is 2.29. The quantitative estimate of drug-likeness (QED) is 0.747. The second-order valence-corrected chi connectivity index (χ2v) is 6.28. The van der Waals surface area contributed by atoms with Gasteiger partial charge in [-0.2, -0.15) is 0 Å². The average molecular weight is 255 g/mol. The number of amides is 1. The van der Waals surface area contributed by atoms with Crippen molar-refractivity contribution in [2.45, 2.75) is 12.5 Å². The second-order valence-electron chi connectivity index (χ2n) is 4.05. The van der Waals surface area contributed by atoms with Crippen LogP contribution in [0.25, 0.3) is 0 Å². The van der Waals surface area contributed by atoms with Gasteiger partial charge in [0.2, 0.25) is 0 Å². The van der Waals surface area contributed by atoms with E-state index in [9.17, 15) is 13.2 Å². The summed E-state index contributed by atoms with van der Waals surface area (Å²) in [5.74, 6) is -0.261. The Kier molecular flexibility index (Phi) is 3.01. The number of pyridine rings is 1. The van der Waals surface area contributed by atoms with Gasteiger partial charge in [0, 0.05) is 17.9 Å². The third kappa shape index (κ3) is 2.94. The van der Waals surface area contributed by atoms with Crippen molar-refractivity contribution in [2.24, 2.45) is 0 Å². The summed E-state index contributed by atoms with van der Waals surface area (Å²) in [6.07, 6.45) is 1.89. The van der Waals surface area contributed by atoms with Crippen LogP contribution in [-0.2, 0) is 9.84 Å². The standard InChI is InChI=1S/C10H13N3O3S/c11-7-1-3-12-9(5-7)10(14)13-8-2-4-17(15,16)6-8/h1,3,5,8H,2,4,6H2,(H2,11,12)(H,13,14). The molecule has 1 aromatic rings. The number of nitrogen functional groups attached to an aromatic ring is 1. The van der Waals surface area contributed by atoms with Gasteiger partial charge in [-0.05, 0) is 18.6 Å². The Bertz CT molecular complexity index is 541. The molecule has 1 aromatic heterocycles. The minimum Gasteiger partial charge on any atom is -0.399 e. The van der Waals surface area contributed by atoms with Crippen molar-refractivity contribution in [1.29, 1.82) is 0 Å². The first-order chi connectivity index (χ1) is 7.96. The fraction of sp³-hybridized carbons (Fsp3) is 0.400. The van der Waals surface area contributed by atoms with E-state index >= 15 is 0 Å². The van der Waals surface area contributed by atoms with Crippen molar-refractivity contribution < 1.29 is 13.2 Å². The van der Waals surface area contributed by atoms with Crippen LogP contribution in [0, 0.1) is 0 Å². The predicted octanol–water partition coefficient (Wildman–Crippen LogP) is -0.419. The fourth-order valence-corrected chi connectivity index (χ4v) is 3.41. The number of hydrogen-bond donors (Lipinski definition) is 2. The SMILES string of the molecule is Nc1ccnc(C(=O)NC2CCS(=O)(=O)C2)c1. The smallest absolute Gasteiger partial charge is 0.270 e. The number of nitrogens with one attached hydrogen (secondary N) is 1. The van der Waals surface area contributed by atoms with Crippen LogP contribution in [-0.4, -0.2) is 36.9 Å². The second kappa shape index (κ2) is 4.33. The molecular formula is C10H13N3O3S. The van der Waals surface area contributed by atoms with Gasteiger partial charge < -0.3 is 11.1 Å². The lowest BCUT2D eigenvalue weighted by molar-refractivity contribution is 0.0936. The molecule has 0 aliphatic carbocycles. The van der Waals surface area contributed by atoms with Gasteiger partial charge in [0.25, 0.3) is 5.91 Å². The van der Waals surface area contributed by atoms with Crippen LogP contribution in [0.5, 0.6) is 0 Å². The van der Waals surface area contributed by atoms with E-state index in [-0.39, 0.29) is 29.1 Å². The van der Waals surface area contributed by atoms with E-state index in [4.69, 9.17) is 5.73 Å². The lowest BCUT2D eigenvalue weighted by Gasteiger charge is -2.10. The molecule has 0 saturated carbocycles. The van der Waals surface area contributed by atoms with Gasteiger partial charge in [0.1, 0.15) is 5.69 Å². The zero-order valence-electron chi connectivity index (χ0n) is 9.09. The predicted molar refractivity (Wildman–Crippen MR) is 63.2 cm³/mol.